The summed E-state index contributed by atoms with van der Waals surface area (Å²) in [5.41, 5.74) is 2.51. The monoisotopic (exact) mass is 358 g/mol. The molecule has 0 unspecified atom stereocenters. The van der Waals surface area contributed by atoms with Gasteiger partial charge in [0.15, 0.2) is 0 Å². The van der Waals surface area contributed by atoms with Gasteiger partial charge in [-0.2, -0.15) is 0 Å². The summed E-state index contributed by atoms with van der Waals surface area (Å²) in [6.07, 6.45) is 4.59. The lowest BCUT2D eigenvalue weighted by atomic mass is 10.1. The second-order valence-electron chi connectivity index (χ2n) is 6.78. The zero-order valence-electron chi connectivity index (χ0n) is 15.6. The van der Waals surface area contributed by atoms with Crippen molar-refractivity contribution in [1.82, 2.24) is 15.1 Å². The maximum Gasteiger partial charge on any atom is 0.321 e. The predicted octanol–water partition coefficient (Wildman–Crippen LogP) is 3.78. The van der Waals surface area contributed by atoms with Gasteiger partial charge in [-0.15, -0.1) is 10.2 Å². The van der Waals surface area contributed by atoms with Gasteiger partial charge in [0.2, 0.25) is 11.8 Å². The van der Waals surface area contributed by atoms with Gasteiger partial charge in [0, 0.05) is 38.4 Å². The highest BCUT2D eigenvalue weighted by atomic mass is 16.5. The lowest BCUT2D eigenvalue weighted by Crippen LogP contribution is -2.32. The molecule has 0 aliphatic carbocycles. The fourth-order valence-corrected chi connectivity index (χ4v) is 3.04. The van der Waals surface area contributed by atoms with Gasteiger partial charge in [0.25, 0.3) is 0 Å². The van der Waals surface area contributed by atoms with E-state index < -0.39 is 0 Å². The number of urea groups is 1. The van der Waals surface area contributed by atoms with E-state index in [4.69, 9.17) is 9.15 Å². The van der Waals surface area contributed by atoms with E-state index in [1.54, 1.807) is 11.8 Å². The molecule has 2 heterocycles. The van der Waals surface area contributed by atoms with Crippen LogP contribution < -0.4 is 5.32 Å². The summed E-state index contributed by atoms with van der Waals surface area (Å²) in [5.74, 6) is 0.958. The molecule has 1 aliphatic heterocycles. The first-order chi connectivity index (χ1) is 12.5. The van der Waals surface area contributed by atoms with E-state index in [-0.39, 0.29) is 6.03 Å². The van der Waals surface area contributed by atoms with Crippen molar-refractivity contribution < 1.29 is 13.9 Å². The number of aryl methyl sites for hydroxylation is 2. The first-order valence-electron chi connectivity index (χ1n) is 9.08. The van der Waals surface area contributed by atoms with Gasteiger partial charge in [0.1, 0.15) is 0 Å². The summed E-state index contributed by atoms with van der Waals surface area (Å²) in [4.78, 5) is 14.2. The number of hydrogen-bond donors (Lipinski definition) is 1. The van der Waals surface area contributed by atoms with E-state index in [0.29, 0.717) is 24.4 Å². The number of anilines is 1. The summed E-state index contributed by atoms with van der Waals surface area (Å²) in [7, 11) is 1.81. The van der Waals surface area contributed by atoms with Crippen molar-refractivity contribution in [2.24, 2.45) is 0 Å². The first-order valence-corrected chi connectivity index (χ1v) is 9.08. The number of ether oxygens (including phenoxy) is 1. The Labute approximate surface area is 153 Å². The average Bonchev–Trinajstić information content (AvgIpc) is 3.28. The molecule has 0 spiro atoms. The quantitative estimate of drug-likeness (QED) is 0.850. The van der Waals surface area contributed by atoms with E-state index in [1.165, 1.54) is 0 Å². The highest BCUT2D eigenvalue weighted by molar-refractivity contribution is 5.90. The Hall–Kier alpha value is -2.41. The van der Waals surface area contributed by atoms with Crippen LogP contribution >= 0.6 is 0 Å². The Morgan fingerprint density at radius 1 is 1.35 bits per heavy atom. The number of rotatable bonds is 6. The van der Waals surface area contributed by atoms with Crippen LogP contribution in [0.4, 0.5) is 10.5 Å². The highest BCUT2D eigenvalue weighted by Crippen LogP contribution is 2.25. The van der Waals surface area contributed by atoms with Crippen molar-refractivity contribution in [2.75, 3.05) is 25.5 Å². The molecular formula is C19H26N4O3. The van der Waals surface area contributed by atoms with Crippen molar-refractivity contribution in [3.8, 4) is 11.5 Å². The molecule has 1 saturated heterocycles. The van der Waals surface area contributed by atoms with Crippen LogP contribution in [0.2, 0.25) is 0 Å². The summed E-state index contributed by atoms with van der Waals surface area (Å²) < 4.78 is 11.1. The number of nitrogens with zero attached hydrogens (tertiary/aromatic N) is 3. The van der Waals surface area contributed by atoms with Crippen LogP contribution in [0, 0.1) is 13.8 Å². The minimum absolute atomic E-state index is 0.126. The molecule has 0 radical (unpaired) electrons. The van der Waals surface area contributed by atoms with Crippen LogP contribution in [0.5, 0.6) is 0 Å². The van der Waals surface area contributed by atoms with Crippen LogP contribution in [-0.2, 0) is 4.74 Å². The van der Waals surface area contributed by atoms with Crippen molar-refractivity contribution in [2.45, 2.75) is 45.6 Å². The third kappa shape index (κ3) is 4.60. The van der Waals surface area contributed by atoms with Gasteiger partial charge in [-0.05, 0) is 50.3 Å². The van der Waals surface area contributed by atoms with Gasteiger partial charge in [-0.3, -0.25) is 0 Å². The van der Waals surface area contributed by atoms with Crippen LogP contribution in [0.25, 0.3) is 11.5 Å². The molecule has 7 heteroatoms. The molecule has 1 atom stereocenters. The number of amides is 2. The van der Waals surface area contributed by atoms with Crippen molar-refractivity contribution in [3.63, 3.8) is 0 Å². The van der Waals surface area contributed by atoms with Crippen molar-refractivity contribution in [1.29, 1.82) is 0 Å². The van der Waals surface area contributed by atoms with Crippen molar-refractivity contribution >= 4 is 11.7 Å². The maximum atomic E-state index is 12.5. The number of aromatic nitrogens is 2. The average molecular weight is 358 g/mol. The first kappa shape index (κ1) is 18.4. The largest absolute Gasteiger partial charge is 0.421 e. The van der Waals surface area contributed by atoms with Gasteiger partial charge in [0.05, 0.1) is 6.10 Å². The number of hydrogen-bond acceptors (Lipinski definition) is 5. The van der Waals surface area contributed by atoms with Crippen molar-refractivity contribution in [3.05, 3.63) is 29.7 Å². The second kappa shape index (κ2) is 8.31. The molecule has 1 N–H and O–H groups in total. The molecule has 1 fully saturated rings. The van der Waals surface area contributed by atoms with E-state index in [0.717, 1.165) is 49.1 Å². The van der Waals surface area contributed by atoms with E-state index in [9.17, 15) is 4.79 Å². The number of nitrogens with one attached hydrogen (secondary N) is 1. The lowest BCUT2D eigenvalue weighted by Gasteiger charge is -2.20. The molecule has 2 amide bonds. The fourth-order valence-electron chi connectivity index (χ4n) is 3.04. The van der Waals surface area contributed by atoms with Crippen LogP contribution in [-0.4, -0.2) is 47.4 Å². The van der Waals surface area contributed by atoms with Gasteiger partial charge >= 0.3 is 6.03 Å². The summed E-state index contributed by atoms with van der Waals surface area (Å²) in [6, 6.07) is 5.57. The smallest absolute Gasteiger partial charge is 0.321 e. The highest BCUT2D eigenvalue weighted by Gasteiger charge is 2.17. The minimum atomic E-state index is -0.126. The standard InChI is InChI=1S/C19H26N4O3/c1-13-8-9-15(18-22-21-14(2)26-18)12-17(13)20-19(24)23(3)10-4-6-16-7-5-11-25-16/h8-9,12,16H,4-7,10-11H2,1-3H3,(H,20,24)/t16-/m1/s1. The molecule has 2 aromatic rings. The maximum absolute atomic E-state index is 12.5. The Morgan fingerprint density at radius 3 is 2.88 bits per heavy atom. The summed E-state index contributed by atoms with van der Waals surface area (Å²) >= 11 is 0. The van der Waals surface area contributed by atoms with Gasteiger partial charge in [-0.25, -0.2) is 4.79 Å². The molecule has 0 bridgehead atoms. The zero-order valence-corrected chi connectivity index (χ0v) is 15.6. The lowest BCUT2D eigenvalue weighted by molar-refractivity contribution is 0.101. The predicted molar refractivity (Wildman–Crippen MR) is 99.1 cm³/mol. The molecule has 26 heavy (non-hydrogen) atoms. The topological polar surface area (TPSA) is 80.5 Å². The SMILES string of the molecule is Cc1nnc(-c2ccc(C)c(NC(=O)N(C)CCC[C@@H]3CCCO3)c2)o1. The minimum Gasteiger partial charge on any atom is -0.421 e. The Bertz CT molecular complexity index is 753. The molecule has 1 aromatic heterocycles. The molecular weight excluding hydrogens is 332 g/mol. The molecule has 3 rings (SSSR count). The molecule has 0 saturated carbocycles. The number of carbonyl (C=O) groups excluding carboxylic acids is 1. The van der Waals surface area contributed by atoms with Crippen LogP contribution in [0.1, 0.15) is 37.1 Å². The van der Waals surface area contributed by atoms with Gasteiger partial charge in [-0.1, -0.05) is 6.07 Å². The molecule has 140 valence electrons. The Balaban J connectivity index is 1.57. The van der Waals surface area contributed by atoms with E-state index >= 15 is 0 Å². The number of carbonyl (C=O) groups is 1. The zero-order chi connectivity index (χ0) is 18.5. The fraction of sp³-hybridized carbons (Fsp3) is 0.526. The third-order valence-corrected chi connectivity index (χ3v) is 4.64. The number of benzene rings is 1. The van der Waals surface area contributed by atoms with Gasteiger partial charge < -0.3 is 19.4 Å². The molecule has 1 aromatic carbocycles. The summed E-state index contributed by atoms with van der Waals surface area (Å²) in [5, 5.41) is 10.8. The normalized spacial score (nSPS) is 16.7. The Kier molecular flexibility index (Phi) is 5.88. The van der Waals surface area contributed by atoms with Crippen LogP contribution in [0.3, 0.4) is 0 Å². The molecule has 1 aliphatic rings. The van der Waals surface area contributed by atoms with E-state index in [1.807, 2.05) is 32.2 Å². The second-order valence-corrected chi connectivity index (χ2v) is 6.78. The summed E-state index contributed by atoms with van der Waals surface area (Å²) in [6.45, 7) is 5.28. The van der Waals surface area contributed by atoms with Crippen LogP contribution in [0.15, 0.2) is 22.6 Å². The van der Waals surface area contributed by atoms with E-state index in [2.05, 4.69) is 15.5 Å². The third-order valence-electron chi connectivity index (χ3n) is 4.64. The Morgan fingerprint density at radius 2 is 2.19 bits per heavy atom. The molecule has 7 nitrogen and oxygen atoms in total.